The molecular formula is C12H24N2. The van der Waals surface area contributed by atoms with Crippen LogP contribution in [-0.4, -0.2) is 36.6 Å². The van der Waals surface area contributed by atoms with Gasteiger partial charge in [0, 0.05) is 18.6 Å². The van der Waals surface area contributed by atoms with Gasteiger partial charge in [-0.3, -0.25) is 4.90 Å². The molecule has 0 aromatic carbocycles. The highest BCUT2D eigenvalue weighted by atomic mass is 15.2. The van der Waals surface area contributed by atoms with E-state index in [0.29, 0.717) is 11.0 Å². The van der Waals surface area contributed by atoms with Crippen molar-refractivity contribution in [3.63, 3.8) is 0 Å². The second-order valence-electron chi connectivity index (χ2n) is 6.12. The zero-order chi connectivity index (χ0) is 10.2. The summed E-state index contributed by atoms with van der Waals surface area (Å²) in [6, 6.07) is 0. The van der Waals surface area contributed by atoms with Crippen LogP contribution in [-0.2, 0) is 0 Å². The Kier molecular flexibility index (Phi) is 2.61. The Morgan fingerprint density at radius 2 is 2.00 bits per heavy atom. The third kappa shape index (κ3) is 1.96. The van der Waals surface area contributed by atoms with Crippen LogP contribution in [0.1, 0.15) is 40.0 Å². The standard InChI is InChI=1S/C12H24N2/c1-11(2,3)14-8-4-5-12(10-14)6-7-13-9-12/h13H,4-10H2,1-3H3. The number of rotatable bonds is 0. The SMILES string of the molecule is CC(C)(C)N1CCCC2(CCNC2)C1. The molecule has 2 heteroatoms. The summed E-state index contributed by atoms with van der Waals surface area (Å²) in [6.07, 6.45) is 4.21. The van der Waals surface area contributed by atoms with Gasteiger partial charge in [0.1, 0.15) is 0 Å². The number of piperidine rings is 1. The molecule has 14 heavy (non-hydrogen) atoms. The average Bonchev–Trinajstić information content (AvgIpc) is 2.52. The quantitative estimate of drug-likeness (QED) is 0.636. The molecule has 2 rings (SSSR count). The number of likely N-dealkylation sites (tertiary alicyclic amines) is 1. The molecule has 0 aliphatic carbocycles. The predicted molar refractivity (Wildman–Crippen MR) is 60.5 cm³/mol. The van der Waals surface area contributed by atoms with E-state index in [2.05, 4.69) is 31.0 Å². The number of hydrogen-bond acceptors (Lipinski definition) is 2. The first-order chi connectivity index (χ1) is 6.52. The molecule has 2 nitrogen and oxygen atoms in total. The molecule has 2 aliphatic rings. The lowest BCUT2D eigenvalue weighted by Gasteiger charge is -2.46. The minimum atomic E-state index is 0.357. The van der Waals surface area contributed by atoms with Gasteiger partial charge < -0.3 is 5.32 Å². The Labute approximate surface area is 88.1 Å². The van der Waals surface area contributed by atoms with Crippen molar-refractivity contribution in [2.45, 2.75) is 45.6 Å². The first-order valence-corrected chi connectivity index (χ1v) is 5.98. The van der Waals surface area contributed by atoms with E-state index in [4.69, 9.17) is 0 Å². The van der Waals surface area contributed by atoms with E-state index in [1.165, 1.54) is 45.4 Å². The van der Waals surface area contributed by atoms with Crippen LogP contribution in [0.4, 0.5) is 0 Å². The van der Waals surface area contributed by atoms with Gasteiger partial charge >= 0.3 is 0 Å². The Morgan fingerprint density at radius 1 is 1.21 bits per heavy atom. The molecule has 0 bridgehead atoms. The predicted octanol–water partition coefficient (Wildman–Crippen LogP) is 1.86. The third-order valence-electron chi connectivity index (χ3n) is 3.94. The van der Waals surface area contributed by atoms with Crippen LogP contribution >= 0.6 is 0 Å². The summed E-state index contributed by atoms with van der Waals surface area (Å²) >= 11 is 0. The largest absolute Gasteiger partial charge is 0.316 e. The topological polar surface area (TPSA) is 15.3 Å². The molecule has 0 saturated carbocycles. The van der Waals surface area contributed by atoms with Crippen LogP contribution in [0.2, 0.25) is 0 Å². The van der Waals surface area contributed by atoms with Gasteiger partial charge in [0.2, 0.25) is 0 Å². The molecule has 2 heterocycles. The molecule has 82 valence electrons. The van der Waals surface area contributed by atoms with Crippen molar-refractivity contribution in [2.24, 2.45) is 5.41 Å². The molecule has 2 aliphatic heterocycles. The van der Waals surface area contributed by atoms with Crippen molar-refractivity contribution in [1.29, 1.82) is 0 Å². The van der Waals surface area contributed by atoms with E-state index in [1.54, 1.807) is 0 Å². The van der Waals surface area contributed by atoms with Crippen molar-refractivity contribution in [2.75, 3.05) is 26.2 Å². The fourth-order valence-corrected chi connectivity index (χ4v) is 2.92. The summed E-state index contributed by atoms with van der Waals surface area (Å²) in [5.74, 6) is 0. The fraction of sp³-hybridized carbons (Fsp3) is 1.00. The molecule has 2 saturated heterocycles. The maximum Gasteiger partial charge on any atom is 0.0125 e. The van der Waals surface area contributed by atoms with Crippen molar-refractivity contribution in [3.05, 3.63) is 0 Å². The van der Waals surface area contributed by atoms with E-state index in [9.17, 15) is 0 Å². The molecule has 0 amide bonds. The Balaban J connectivity index is 2.03. The minimum absolute atomic E-state index is 0.357. The number of hydrogen-bond donors (Lipinski definition) is 1. The van der Waals surface area contributed by atoms with Gasteiger partial charge in [-0.05, 0) is 58.5 Å². The van der Waals surface area contributed by atoms with E-state index < -0.39 is 0 Å². The zero-order valence-electron chi connectivity index (χ0n) is 9.90. The van der Waals surface area contributed by atoms with Gasteiger partial charge in [0.25, 0.3) is 0 Å². The van der Waals surface area contributed by atoms with E-state index in [1.807, 2.05) is 0 Å². The molecule has 1 atom stereocenters. The highest BCUT2D eigenvalue weighted by Gasteiger charge is 2.40. The highest BCUT2D eigenvalue weighted by Crippen LogP contribution is 2.37. The maximum absolute atomic E-state index is 3.53. The monoisotopic (exact) mass is 196 g/mol. The molecule has 1 N–H and O–H groups in total. The summed E-state index contributed by atoms with van der Waals surface area (Å²) in [5.41, 5.74) is 0.974. The zero-order valence-corrected chi connectivity index (χ0v) is 9.90. The molecule has 0 aromatic heterocycles. The Morgan fingerprint density at radius 3 is 2.57 bits per heavy atom. The van der Waals surface area contributed by atoms with E-state index in [0.717, 1.165) is 0 Å². The van der Waals surface area contributed by atoms with Crippen LogP contribution in [0.3, 0.4) is 0 Å². The lowest BCUT2D eigenvalue weighted by molar-refractivity contribution is 0.0352. The van der Waals surface area contributed by atoms with Gasteiger partial charge in [-0.1, -0.05) is 0 Å². The average molecular weight is 196 g/mol. The second kappa shape index (κ2) is 3.49. The van der Waals surface area contributed by atoms with E-state index >= 15 is 0 Å². The highest BCUT2D eigenvalue weighted by molar-refractivity contribution is 4.95. The van der Waals surface area contributed by atoms with Gasteiger partial charge in [-0.2, -0.15) is 0 Å². The fourth-order valence-electron chi connectivity index (χ4n) is 2.92. The molecule has 0 radical (unpaired) electrons. The van der Waals surface area contributed by atoms with Crippen molar-refractivity contribution in [1.82, 2.24) is 10.2 Å². The summed E-state index contributed by atoms with van der Waals surface area (Å²) in [5, 5.41) is 3.53. The van der Waals surface area contributed by atoms with Crippen molar-refractivity contribution in [3.8, 4) is 0 Å². The molecule has 0 aromatic rings. The summed E-state index contributed by atoms with van der Waals surface area (Å²) in [6.45, 7) is 12.1. The molecule has 2 fully saturated rings. The third-order valence-corrected chi connectivity index (χ3v) is 3.94. The van der Waals surface area contributed by atoms with Gasteiger partial charge in [-0.15, -0.1) is 0 Å². The summed E-state index contributed by atoms with van der Waals surface area (Å²) < 4.78 is 0. The molecular weight excluding hydrogens is 172 g/mol. The Hall–Kier alpha value is -0.0800. The first-order valence-electron chi connectivity index (χ1n) is 5.98. The van der Waals surface area contributed by atoms with Crippen LogP contribution in [0.5, 0.6) is 0 Å². The first kappa shape index (κ1) is 10.4. The van der Waals surface area contributed by atoms with Crippen molar-refractivity contribution < 1.29 is 0 Å². The lowest BCUT2D eigenvalue weighted by Crippen LogP contribution is -2.52. The molecule has 1 unspecified atom stereocenters. The van der Waals surface area contributed by atoms with Gasteiger partial charge in [0.15, 0.2) is 0 Å². The maximum atomic E-state index is 3.53. The summed E-state index contributed by atoms with van der Waals surface area (Å²) in [7, 11) is 0. The van der Waals surface area contributed by atoms with Crippen LogP contribution < -0.4 is 5.32 Å². The number of nitrogens with one attached hydrogen (secondary N) is 1. The van der Waals surface area contributed by atoms with E-state index in [-0.39, 0.29) is 0 Å². The van der Waals surface area contributed by atoms with Crippen LogP contribution in [0.25, 0.3) is 0 Å². The normalized spacial score (nSPS) is 35.4. The second-order valence-corrected chi connectivity index (χ2v) is 6.12. The smallest absolute Gasteiger partial charge is 0.0125 e. The summed E-state index contributed by atoms with van der Waals surface area (Å²) in [4.78, 5) is 2.67. The van der Waals surface area contributed by atoms with Crippen molar-refractivity contribution >= 4 is 0 Å². The minimum Gasteiger partial charge on any atom is -0.316 e. The number of nitrogens with zero attached hydrogens (tertiary/aromatic N) is 1. The Bertz CT molecular complexity index is 199. The van der Waals surface area contributed by atoms with Gasteiger partial charge in [0.05, 0.1) is 0 Å². The van der Waals surface area contributed by atoms with Gasteiger partial charge in [-0.25, -0.2) is 0 Å². The van der Waals surface area contributed by atoms with Crippen LogP contribution in [0.15, 0.2) is 0 Å². The van der Waals surface area contributed by atoms with Crippen LogP contribution in [0, 0.1) is 5.41 Å². The molecule has 1 spiro atoms. The lowest BCUT2D eigenvalue weighted by atomic mass is 9.78.